The number of nitrogens with one attached hydrogen (secondary N) is 1. The molecule has 106 valence electrons. The third-order valence-corrected chi connectivity index (χ3v) is 2.96. The Morgan fingerprint density at radius 3 is 2.58 bits per heavy atom. The van der Waals surface area contributed by atoms with Crippen LogP contribution in [0.2, 0.25) is 0 Å². The van der Waals surface area contributed by atoms with Gasteiger partial charge in [0.2, 0.25) is 0 Å². The van der Waals surface area contributed by atoms with Gasteiger partial charge in [-0.3, -0.25) is 4.79 Å². The van der Waals surface area contributed by atoms with E-state index >= 15 is 0 Å². The molecule has 1 aromatic carbocycles. The highest BCUT2D eigenvalue weighted by Crippen LogP contribution is 2.27. The second-order valence-electron chi connectivity index (χ2n) is 5.17. The summed E-state index contributed by atoms with van der Waals surface area (Å²) in [6.45, 7) is 5.66. The van der Waals surface area contributed by atoms with E-state index in [1.165, 1.54) is 0 Å². The normalized spacial score (nSPS) is 10.9. The molecule has 4 heteroatoms. The molecule has 0 bridgehead atoms. The fraction of sp³-hybridized carbons (Fsp3) is 0.533. The lowest BCUT2D eigenvalue weighted by atomic mass is 9.99. The van der Waals surface area contributed by atoms with Crippen LogP contribution in [0.3, 0.4) is 0 Å². The quantitative estimate of drug-likeness (QED) is 0.855. The summed E-state index contributed by atoms with van der Waals surface area (Å²) in [6.07, 6.45) is 0. The summed E-state index contributed by atoms with van der Waals surface area (Å²) in [5.74, 6) is 1.12. The van der Waals surface area contributed by atoms with Gasteiger partial charge in [0.25, 0.3) is 5.91 Å². The minimum absolute atomic E-state index is 0.0357. The zero-order valence-corrected chi connectivity index (χ0v) is 12.5. The maximum Gasteiger partial charge on any atom is 0.251 e. The summed E-state index contributed by atoms with van der Waals surface area (Å²) in [5, 5.41) is 2.91. The van der Waals surface area contributed by atoms with Crippen LogP contribution >= 0.6 is 0 Å². The molecule has 0 aromatic heterocycles. The largest absolute Gasteiger partial charge is 0.496 e. The number of likely N-dealkylation sites (N-methyl/N-ethyl adjacent to an activating group) is 1. The average Bonchev–Trinajstić information content (AvgIpc) is 2.37. The van der Waals surface area contributed by atoms with E-state index in [1.54, 1.807) is 13.2 Å². The molecular formula is C15H24N2O2. The number of nitrogens with zero attached hydrogens (tertiary/aromatic N) is 1. The highest BCUT2D eigenvalue weighted by atomic mass is 16.5. The Morgan fingerprint density at radius 2 is 2.05 bits per heavy atom. The maximum absolute atomic E-state index is 12.0. The summed E-state index contributed by atoms with van der Waals surface area (Å²) in [7, 11) is 5.62. The number of amides is 1. The molecule has 0 aliphatic rings. The lowest BCUT2D eigenvalue weighted by molar-refractivity contribution is 0.0951. The molecule has 0 fully saturated rings. The summed E-state index contributed by atoms with van der Waals surface area (Å²) in [5.41, 5.74) is 1.74. The van der Waals surface area contributed by atoms with Crippen molar-refractivity contribution in [3.63, 3.8) is 0 Å². The van der Waals surface area contributed by atoms with Gasteiger partial charge in [-0.05, 0) is 43.8 Å². The van der Waals surface area contributed by atoms with Gasteiger partial charge in [0.1, 0.15) is 5.75 Å². The van der Waals surface area contributed by atoms with Gasteiger partial charge >= 0.3 is 0 Å². The monoisotopic (exact) mass is 264 g/mol. The number of rotatable bonds is 6. The van der Waals surface area contributed by atoms with Gasteiger partial charge in [-0.2, -0.15) is 0 Å². The Hall–Kier alpha value is -1.55. The first kappa shape index (κ1) is 15.5. The number of methoxy groups -OCH3 is 1. The van der Waals surface area contributed by atoms with Gasteiger partial charge in [-0.25, -0.2) is 0 Å². The topological polar surface area (TPSA) is 41.6 Å². The second kappa shape index (κ2) is 7.14. The third kappa shape index (κ3) is 4.56. The molecule has 0 heterocycles. The van der Waals surface area contributed by atoms with E-state index in [0.717, 1.165) is 17.9 Å². The highest BCUT2D eigenvalue weighted by molar-refractivity contribution is 5.94. The first-order valence-corrected chi connectivity index (χ1v) is 6.56. The van der Waals surface area contributed by atoms with E-state index in [0.29, 0.717) is 18.0 Å². The number of hydrogen-bond donors (Lipinski definition) is 1. The average molecular weight is 264 g/mol. The Morgan fingerprint density at radius 1 is 1.37 bits per heavy atom. The number of benzene rings is 1. The Kier molecular flexibility index (Phi) is 5.83. The summed E-state index contributed by atoms with van der Waals surface area (Å²) >= 11 is 0. The zero-order chi connectivity index (χ0) is 14.4. The van der Waals surface area contributed by atoms with Gasteiger partial charge in [0.15, 0.2) is 0 Å². The molecule has 0 unspecified atom stereocenters. The molecule has 0 radical (unpaired) electrons. The molecule has 0 saturated heterocycles. The fourth-order valence-corrected chi connectivity index (χ4v) is 1.82. The van der Waals surface area contributed by atoms with Crippen LogP contribution in [-0.4, -0.2) is 45.1 Å². The van der Waals surface area contributed by atoms with Crippen molar-refractivity contribution < 1.29 is 9.53 Å². The summed E-state index contributed by atoms with van der Waals surface area (Å²) < 4.78 is 5.32. The van der Waals surface area contributed by atoms with Crippen LogP contribution in [0, 0.1) is 0 Å². The van der Waals surface area contributed by atoms with Crippen molar-refractivity contribution in [3.8, 4) is 5.75 Å². The van der Waals surface area contributed by atoms with Crippen LogP contribution < -0.4 is 10.1 Å². The van der Waals surface area contributed by atoms with Crippen LogP contribution in [0.15, 0.2) is 18.2 Å². The molecule has 0 aliphatic heterocycles. The van der Waals surface area contributed by atoms with Gasteiger partial charge < -0.3 is 15.0 Å². The van der Waals surface area contributed by atoms with Gasteiger partial charge in [0, 0.05) is 18.7 Å². The SMILES string of the molecule is COc1ccc(C(=O)NCCN(C)C)cc1C(C)C. The molecule has 0 aliphatic carbocycles. The lowest BCUT2D eigenvalue weighted by Crippen LogP contribution is -2.31. The number of hydrogen-bond acceptors (Lipinski definition) is 3. The van der Waals surface area contributed by atoms with E-state index in [4.69, 9.17) is 4.74 Å². The van der Waals surface area contributed by atoms with Crippen LogP contribution in [0.1, 0.15) is 35.7 Å². The molecule has 0 saturated carbocycles. The van der Waals surface area contributed by atoms with Crippen LogP contribution in [-0.2, 0) is 0 Å². The van der Waals surface area contributed by atoms with Crippen LogP contribution in [0.4, 0.5) is 0 Å². The standard InChI is InChI=1S/C15H24N2O2/c1-11(2)13-10-12(6-7-14(13)19-5)15(18)16-8-9-17(3)4/h6-7,10-11H,8-9H2,1-5H3,(H,16,18). The molecule has 1 aromatic rings. The zero-order valence-electron chi connectivity index (χ0n) is 12.5. The van der Waals surface area contributed by atoms with E-state index < -0.39 is 0 Å². The van der Waals surface area contributed by atoms with Crippen LogP contribution in [0.25, 0.3) is 0 Å². The van der Waals surface area contributed by atoms with E-state index in [9.17, 15) is 4.79 Å². The predicted octanol–water partition coefficient (Wildman–Crippen LogP) is 2.11. The first-order valence-electron chi connectivity index (χ1n) is 6.56. The second-order valence-corrected chi connectivity index (χ2v) is 5.17. The van der Waals surface area contributed by atoms with Crippen molar-refractivity contribution >= 4 is 5.91 Å². The Balaban J connectivity index is 2.78. The van der Waals surface area contributed by atoms with Gasteiger partial charge in [-0.1, -0.05) is 13.8 Å². The third-order valence-electron chi connectivity index (χ3n) is 2.96. The molecule has 1 N–H and O–H groups in total. The van der Waals surface area contributed by atoms with Crippen molar-refractivity contribution in [3.05, 3.63) is 29.3 Å². The van der Waals surface area contributed by atoms with Crippen LogP contribution in [0.5, 0.6) is 5.75 Å². The molecule has 0 atom stereocenters. The van der Waals surface area contributed by atoms with Crippen molar-refractivity contribution in [2.75, 3.05) is 34.3 Å². The first-order chi connectivity index (χ1) is 8.95. The number of carbonyl (C=O) groups excluding carboxylic acids is 1. The Labute approximate surface area is 115 Å². The minimum atomic E-state index is -0.0357. The molecule has 4 nitrogen and oxygen atoms in total. The van der Waals surface area contributed by atoms with E-state index in [2.05, 4.69) is 19.2 Å². The van der Waals surface area contributed by atoms with Gasteiger partial charge in [0.05, 0.1) is 7.11 Å². The minimum Gasteiger partial charge on any atom is -0.496 e. The van der Waals surface area contributed by atoms with Crippen molar-refractivity contribution in [1.82, 2.24) is 10.2 Å². The highest BCUT2D eigenvalue weighted by Gasteiger charge is 2.12. The van der Waals surface area contributed by atoms with E-state index in [-0.39, 0.29) is 5.91 Å². The molecular weight excluding hydrogens is 240 g/mol. The number of carbonyl (C=O) groups is 1. The summed E-state index contributed by atoms with van der Waals surface area (Å²) in [6, 6.07) is 5.57. The predicted molar refractivity (Wildman–Crippen MR) is 78.0 cm³/mol. The summed E-state index contributed by atoms with van der Waals surface area (Å²) in [4.78, 5) is 14.1. The van der Waals surface area contributed by atoms with Crippen molar-refractivity contribution in [2.45, 2.75) is 19.8 Å². The van der Waals surface area contributed by atoms with Gasteiger partial charge in [-0.15, -0.1) is 0 Å². The lowest BCUT2D eigenvalue weighted by Gasteiger charge is -2.14. The molecule has 19 heavy (non-hydrogen) atoms. The Bertz CT molecular complexity index is 428. The fourth-order valence-electron chi connectivity index (χ4n) is 1.82. The number of ether oxygens (including phenoxy) is 1. The molecule has 1 rings (SSSR count). The molecule has 0 spiro atoms. The maximum atomic E-state index is 12.0. The van der Waals surface area contributed by atoms with E-state index in [1.807, 2.05) is 31.1 Å². The van der Waals surface area contributed by atoms with Crippen molar-refractivity contribution in [1.29, 1.82) is 0 Å². The van der Waals surface area contributed by atoms with Crippen molar-refractivity contribution in [2.24, 2.45) is 0 Å². The molecule has 1 amide bonds. The smallest absolute Gasteiger partial charge is 0.251 e.